The molecule has 0 aliphatic carbocycles. The minimum absolute atomic E-state index is 0.0453. The van der Waals surface area contributed by atoms with Gasteiger partial charge in [0, 0.05) is 28.7 Å². The van der Waals surface area contributed by atoms with Crippen molar-refractivity contribution in [3.63, 3.8) is 0 Å². The third kappa shape index (κ3) is 6.30. The molecule has 4 N–H and O–H groups in total. The Balaban J connectivity index is 1.54. The molecular weight excluding hydrogens is 483 g/mol. The standard InChI is InChI=1S/C24H21ClF3N5O2/c1-35-18-5-2-13(3-6-18)21-12-22(33-32-21)30-24(29-17-10-15(25)9-16(26)11-17)31-23(34)14-4-7-19(27)20(28)8-14/h2-11,21-22,32-33H,12H2,1H3,(H2,29,30,31,34). The lowest BCUT2D eigenvalue weighted by Gasteiger charge is -2.17. The van der Waals surface area contributed by atoms with E-state index in [-0.39, 0.29) is 28.3 Å². The van der Waals surface area contributed by atoms with Crippen molar-refractivity contribution in [1.82, 2.24) is 16.2 Å². The normalized spacial score (nSPS) is 17.8. The van der Waals surface area contributed by atoms with E-state index in [1.807, 2.05) is 24.3 Å². The Kier molecular flexibility index (Phi) is 7.54. The maximum atomic E-state index is 13.8. The smallest absolute Gasteiger partial charge is 0.280 e. The van der Waals surface area contributed by atoms with Crippen LogP contribution in [-0.2, 0) is 0 Å². The van der Waals surface area contributed by atoms with Crippen LogP contribution >= 0.6 is 11.6 Å². The summed E-state index contributed by atoms with van der Waals surface area (Å²) < 4.78 is 45.9. The number of carbonyl (C=O) groups is 1. The van der Waals surface area contributed by atoms with Crippen LogP contribution in [0, 0.1) is 17.5 Å². The number of nitrogens with one attached hydrogen (secondary N) is 4. The minimum Gasteiger partial charge on any atom is -0.497 e. The second kappa shape index (κ2) is 10.8. The number of halogens is 4. The Labute approximate surface area is 204 Å². The van der Waals surface area contributed by atoms with Crippen LogP contribution in [0.15, 0.2) is 65.7 Å². The molecule has 1 fully saturated rings. The van der Waals surface area contributed by atoms with Crippen molar-refractivity contribution in [2.75, 3.05) is 12.4 Å². The van der Waals surface area contributed by atoms with Gasteiger partial charge in [-0.15, -0.1) is 0 Å². The van der Waals surface area contributed by atoms with Crippen molar-refractivity contribution >= 4 is 29.2 Å². The Morgan fingerprint density at radius 3 is 2.49 bits per heavy atom. The largest absolute Gasteiger partial charge is 0.497 e. The average Bonchev–Trinajstić information content (AvgIpc) is 3.28. The van der Waals surface area contributed by atoms with Crippen molar-refractivity contribution in [2.24, 2.45) is 4.99 Å². The molecule has 182 valence electrons. The van der Waals surface area contributed by atoms with E-state index in [1.54, 1.807) is 7.11 Å². The molecule has 1 saturated heterocycles. The molecule has 1 aliphatic rings. The van der Waals surface area contributed by atoms with Crippen LogP contribution in [0.25, 0.3) is 0 Å². The van der Waals surface area contributed by atoms with Gasteiger partial charge in [-0.25, -0.2) is 24.0 Å². The molecule has 3 aromatic rings. The van der Waals surface area contributed by atoms with Crippen molar-refractivity contribution in [2.45, 2.75) is 18.6 Å². The molecule has 35 heavy (non-hydrogen) atoms. The SMILES string of the molecule is COc1ccc(C2CC(N/C(=N\C(=O)c3ccc(F)c(F)c3)Nc3cc(F)cc(Cl)c3)NN2)cc1. The van der Waals surface area contributed by atoms with Gasteiger partial charge in [0.15, 0.2) is 11.6 Å². The summed E-state index contributed by atoms with van der Waals surface area (Å²) in [6.07, 6.45) is 0.158. The molecule has 1 heterocycles. The molecule has 2 unspecified atom stereocenters. The number of methoxy groups -OCH3 is 1. The van der Waals surface area contributed by atoms with E-state index in [0.717, 1.165) is 35.6 Å². The fourth-order valence-electron chi connectivity index (χ4n) is 3.52. The van der Waals surface area contributed by atoms with E-state index in [4.69, 9.17) is 16.3 Å². The zero-order valence-electron chi connectivity index (χ0n) is 18.4. The quantitative estimate of drug-likeness (QED) is 0.302. The number of hydrogen-bond acceptors (Lipinski definition) is 4. The zero-order chi connectivity index (χ0) is 24.9. The van der Waals surface area contributed by atoms with Gasteiger partial charge >= 0.3 is 0 Å². The highest BCUT2D eigenvalue weighted by Crippen LogP contribution is 2.24. The molecule has 1 amide bonds. The Bertz CT molecular complexity index is 1240. The molecule has 0 saturated carbocycles. The van der Waals surface area contributed by atoms with Crippen LogP contribution in [0.2, 0.25) is 5.02 Å². The molecule has 4 rings (SSSR count). The van der Waals surface area contributed by atoms with Gasteiger partial charge < -0.3 is 15.4 Å². The average molecular weight is 504 g/mol. The van der Waals surface area contributed by atoms with Crippen molar-refractivity contribution in [3.8, 4) is 5.75 Å². The van der Waals surface area contributed by atoms with E-state index < -0.39 is 29.5 Å². The molecule has 2 atom stereocenters. The fourth-order valence-corrected chi connectivity index (χ4v) is 3.75. The first-order chi connectivity index (χ1) is 16.8. The first-order valence-electron chi connectivity index (χ1n) is 10.5. The number of guanidine groups is 1. The summed E-state index contributed by atoms with van der Waals surface area (Å²) in [6.45, 7) is 0. The molecule has 3 aromatic carbocycles. The molecule has 7 nitrogen and oxygen atoms in total. The molecule has 1 aliphatic heterocycles. The lowest BCUT2D eigenvalue weighted by molar-refractivity contribution is 0.100. The van der Waals surface area contributed by atoms with Gasteiger partial charge in [0.25, 0.3) is 5.91 Å². The van der Waals surface area contributed by atoms with Crippen molar-refractivity contribution in [1.29, 1.82) is 0 Å². The topological polar surface area (TPSA) is 86.8 Å². The minimum atomic E-state index is -1.17. The van der Waals surface area contributed by atoms with Gasteiger partial charge in [-0.2, -0.15) is 4.99 Å². The Morgan fingerprint density at radius 2 is 1.80 bits per heavy atom. The summed E-state index contributed by atoms with van der Waals surface area (Å²) in [4.78, 5) is 16.6. The summed E-state index contributed by atoms with van der Waals surface area (Å²) in [7, 11) is 1.59. The number of benzene rings is 3. The third-order valence-corrected chi connectivity index (χ3v) is 5.46. The lowest BCUT2D eigenvalue weighted by Crippen LogP contribution is -2.47. The number of nitrogens with zero attached hydrogens (tertiary/aromatic N) is 1. The van der Waals surface area contributed by atoms with Gasteiger partial charge in [-0.3, -0.25) is 4.79 Å². The summed E-state index contributed by atoms with van der Waals surface area (Å²) in [5, 5.41) is 6.00. The van der Waals surface area contributed by atoms with E-state index in [1.165, 1.54) is 12.1 Å². The molecule has 0 spiro atoms. The number of hydrogen-bond donors (Lipinski definition) is 4. The van der Waals surface area contributed by atoms with Gasteiger partial charge in [0.05, 0.1) is 13.3 Å². The number of carbonyl (C=O) groups excluding carboxylic acids is 1. The summed E-state index contributed by atoms with van der Waals surface area (Å²) in [5.74, 6) is -2.99. The van der Waals surface area contributed by atoms with Gasteiger partial charge in [-0.1, -0.05) is 23.7 Å². The molecular formula is C24H21ClF3N5O2. The first-order valence-corrected chi connectivity index (χ1v) is 10.9. The van der Waals surface area contributed by atoms with E-state index in [9.17, 15) is 18.0 Å². The number of hydrazine groups is 1. The third-order valence-electron chi connectivity index (χ3n) is 5.24. The molecule has 0 radical (unpaired) electrons. The van der Waals surface area contributed by atoms with Gasteiger partial charge in [0.2, 0.25) is 5.96 Å². The van der Waals surface area contributed by atoms with E-state index in [0.29, 0.717) is 6.42 Å². The number of anilines is 1. The van der Waals surface area contributed by atoms with Crippen molar-refractivity contribution < 1.29 is 22.7 Å². The van der Waals surface area contributed by atoms with Crippen LogP contribution < -0.4 is 26.2 Å². The Hall–Kier alpha value is -3.60. The van der Waals surface area contributed by atoms with E-state index in [2.05, 4.69) is 26.5 Å². The van der Waals surface area contributed by atoms with Crippen LogP contribution in [0.1, 0.15) is 28.4 Å². The lowest BCUT2D eigenvalue weighted by atomic mass is 10.0. The first kappa shape index (κ1) is 24.5. The van der Waals surface area contributed by atoms with Crippen LogP contribution in [0.3, 0.4) is 0 Å². The number of rotatable bonds is 5. The van der Waals surface area contributed by atoms with Gasteiger partial charge in [0.1, 0.15) is 11.6 Å². The van der Waals surface area contributed by atoms with Crippen LogP contribution in [-0.4, -0.2) is 25.1 Å². The predicted molar refractivity (Wildman–Crippen MR) is 127 cm³/mol. The Morgan fingerprint density at radius 1 is 1.03 bits per heavy atom. The van der Waals surface area contributed by atoms with Crippen LogP contribution in [0.4, 0.5) is 18.9 Å². The number of amides is 1. The van der Waals surface area contributed by atoms with Crippen LogP contribution in [0.5, 0.6) is 5.75 Å². The monoisotopic (exact) mass is 503 g/mol. The highest BCUT2D eigenvalue weighted by atomic mass is 35.5. The predicted octanol–water partition coefficient (Wildman–Crippen LogP) is 4.53. The summed E-state index contributed by atoms with van der Waals surface area (Å²) in [5.41, 5.74) is 7.30. The second-order valence-electron chi connectivity index (χ2n) is 7.72. The summed E-state index contributed by atoms with van der Waals surface area (Å²) in [6, 6.07) is 14.0. The molecule has 0 aromatic heterocycles. The highest BCUT2D eigenvalue weighted by molar-refractivity contribution is 6.31. The second-order valence-corrected chi connectivity index (χ2v) is 8.16. The molecule has 0 bridgehead atoms. The summed E-state index contributed by atoms with van der Waals surface area (Å²) >= 11 is 5.93. The fraction of sp³-hybridized carbons (Fsp3) is 0.167. The van der Waals surface area contributed by atoms with Crippen molar-refractivity contribution in [3.05, 3.63) is 94.3 Å². The molecule has 11 heteroatoms. The zero-order valence-corrected chi connectivity index (χ0v) is 19.2. The highest BCUT2D eigenvalue weighted by Gasteiger charge is 2.26. The maximum absolute atomic E-state index is 13.8. The maximum Gasteiger partial charge on any atom is 0.280 e. The van der Waals surface area contributed by atoms with Gasteiger partial charge in [-0.05, 0) is 54.1 Å². The number of aliphatic imine (C=N–C) groups is 1. The number of ether oxygens (including phenoxy) is 1. The van der Waals surface area contributed by atoms with E-state index >= 15 is 0 Å².